The van der Waals surface area contributed by atoms with Gasteiger partial charge in [-0.05, 0) is 108 Å². The van der Waals surface area contributed by atoms with Crippen LogP contribution < -0.4 is 5.32 Å². The maximum Gasteiger partial charge on any atom is 0.112 e. The highest BCUT2D eigenvalue weighted by Crippen LogP contribution is 2.67. The minimum Gasteiger partial charge on any atom is -0.364 e. The van der Waals surface area contributed by atoms with Crippen LogP contribution in [0.1, 0.15) is 82.2 Å². The first-order valence-electron chi connectivity index (χ1n) is 16.6. The molecule has 4 aliphatic heterocycles. The normalized spacial score (nSPS) is 38.6. The van der Waals surface area contributed by atoms with Gasteiger partial charge in [-0.2, -0.15) is 0 Å². The van der Waals surface area contributed by atoms with E-state index in [0.717, 1.165) is 19.4 Å². The number of para-hydroxylation sites is 1. The summed E-state index contributed by atoms with van der Waals surface area (Å²) in [7, 11) is 0. The number of rotatable bonds is 1. The van der Waals surface area contributed by atoms with Gasteiger partial charge in [0.15, 0.2) is 0 Å². The Morgan fingerprint density at radius 1 is 0.854 bits per heavy atom. The fourth-order valence-corrected chi connectivity index (χ4v) is 9.64. The summed E-state index contributed by atoms with van der Waals surface area (Å²) in [5.41, 5.74) is 3.75. The van der Waals surface area contributed by atoms with Crippen LogP contribution in [-0.4, -0.2) is 58.8 Å². The van der Waals surface area contributed by atoms with Gasteiger partial charge in [-0.3, -0.25) is 4.98 Å². The van der Waals surface area contributed by atoms with E-state index in [4.69, 9.17) is 9.72 Å². The standard InChI is InChI=1S/C36H46N4O/c1-3-7-13-21-38-34-35(19-11-5-1)25-40-23-14-8-4-2-6-12-20-36(34)33(41-36)30(28(35)18-24-40)32-31-27(17-22-37-32)26-15-9-10-16-29(26)39-31/h1-2,5-6,9-10,15-17,22,28,30,33-34,38-39H,3-4,7-8,11-14,18-21,23-25H2/b5-1?,6-2+/t28-,30-,33+,34-,35+,36+/m1/s1. The quantitative estimate of drug-likeness (QED) is 0.247. The average molecular weight is 551 g/mol. The smallest absolute Gasteiger partial charge is 0.112 e. The van der Waals surface area contributed by atoms with E-state index in [9.17, 15) is 0 Å². The Kier molecular flexibility index (Phi) is 6.81. The van der Waals surface area contributed by atoms with Crippen molar-refractivity contribution in [1.29, 1.82) is 0 Å². The number of hydrogen-bond acceptors (Lipinski definition) is 4. The van der Waals surface area contributed by atoms with Gasteiger partial charge in [-0.25, -0.2) is 0 Å². The summed E-state index contributed by atoms with van der Waals surface area (Å²) < 4.78 is 7.19. The summed E-state index contributed by atoms with van der Waals surface area (Å²) >= 11 is 0. The Morgan fingerprint density at radius 2 is 1.68 bits per heavy atom. The van der Waals surface area contributed by atoms with Crippen molar-refractivity contribution in [3.05, 3.63) is 66.5 Å². The molecule has 1 saturated carbocycles. The second kappa shape index (κ2) is 10.7. The predicted molar refractivity (Wildman–Crippen MR) is 167 cm³/mol. The van der Waals surface area contributed by atoms with Crippen molar-refractivity contribution in [3.63, 3.8) is 0 Å². The highest BCUT2D eigenvalue weighted by Gasteiger charge is 2.75. The lowest BCUT2D eigenvalue weighted by Gasteiger charge is -2.59. The van der Waals surface area contributed by atoms with Crippen molar-refractivity contribution in [2.75, 3.05) is 26.2 Å². The zero-order chi connectivity index (χ0) is 27.3. The molecule has 1 aromatic carbocycles. The van der Waals surface area contributed by atoms with Crippen LogP contribution in [0.25, 0.3) is 21.8 Å². The van der Waals surface area contributed by atoms with Crippen LogP contribution in [0.2, 0.25) is 0 Å². The van der Waals surface area contributed by atoms with Crippen molar-refractivity contribution in [3.8, 4) is 0 Å². The highest BCUT2D eigenvalue weighted by molar-refractivity contribution is 6.07. The molecule has 41 heavy (non-hydrogen) atoms. The number of benzene rings is 1. The van der Waals surface area contributed by atoms with Crippen molar-refractivity contribution >= 4 is 21.8 Å². The number of aromatic amines is 1. The molecule has 5 nitrogen and oxygen atoms in total. The van der Waals surface area contributed by atoms with E-state index in [-0.39, 0.29) is 17.1 Å². The largest absolute Gasteiger partial charge is 0.364 e. The molecule has 0 radical (unpaired) electrons. The number of nitrogens with zero attached hydrogens (tertiary/aromatic N) is 2. The highest BCUT2D eigenvalue weighted by atomic mass is 16.6. The first-order valence-corrected chi connectivity index (χ1v) is 16.6. The number of nitrogens with one attached hydrogen (secondary N) is 2. The molecular formula is C36H46N4O. The van der Waals surface area contributed by atoms with Crippen LogP contribution >= 0.6 is 0 Å². The fraction of sp³-hybridized carbons (Fsp3) is 0.583. The summed E-state index contributed by atoms with van der Waals surface area (Å²) in [6.07, 6.45) is 25.5. The van der Waals surface area contributed by atoms with Crippen LogP contribution in [-0.2, 0) is 4.74 Å². The van der Waals surface area contributed by atoms with Crippen LogP contribution in [0.5, 0.6) is 0 Å². The second-order valence-electron chi connectivity index (χ2n) is 13.6. The molecule has 3 aromatic rings. The number of aromatic nitrogens is 2. The summed E-state index contributed by atoms with van der Waals surface area (Å²) in [6.45, 7) is 4.71. The SMILES string of the molecule is C1=CCC[C@]23CN4CCCC/C=C/CC[C@@]5(O[C@H]5[C@@H](c5nccc6c5[nH]c5ccccc56)[C@H]2CC4)[C@@H]3NCCCC1. The lowest BCUT2D eigenvalue weighted by Crippen LogP contribution is -2.68. The number of fused-ring (bicyclic) bond motifs is 4. The molecule has 8 rings (SSSR count). The Morgan fingerprint density at radius 3 is 2.61 bits per heavy atom. The summed E-state index contributed by atoms with van der Waals surface area (Å²) in [4.78, 5) is 11.9. The van der Waals surface area contributed by atoms with Crippen molar-refractivity contribution in [2.24, 2.45) is 11.3 Å². The molecule has 3 fully saturated rings. The van der Waals surface area contributed by atoms with Gasteiger partial charge >= 0.3 is 0 Å². The van der Waals surface area contributed by atoms with Crippen molar-refractivity contribution in [2.45, 2.75) is 94.3 Å². The Bertz CT molecular complexity index is 1460. The van der Waals surface area contributed by atoms with E-state index in [1.165, 1.54) is 105 Å². The number of pyridine rings is 1. The molecule has 2 N–H and O–H groups in total. The average Bonchev–Trinajstić information content (AvgIpc) is 3.59. The van der Waals surface area contributed by atoms with Crippen LogP contribution in [0.3, 0.4) is 0 Å². The van der Waals surface area contributed by atoms with E-state index >= 15 is 0 Å². The van der Waals surface area contributed by atoms with E-state index in [0.29, 0.717) is 17.9 Å². The zero-order valence-corrected chi connectivity index (χ0v) is 24.5. The molecule has 2 spiro atoms. The van der Waals surface area contributed by atoms with Gasteiger partial charge in [0, 0.05) is 46.4 Å². The number of epoxide rings is 1. The monoisotopic (exact) mass is 550 g/mol. The molecular weight excluding hydrogens is 504 g/mol. The number of hydrogen-bond donors (Lipinski definition) is 2. The molecule has 1 unspecified atom stereocenters. The van der Waals surface area contributed by atoms with Gasteiger partial charge in [-0.15, -0.1) is 0 Å². The van der Waals surface area contributed by atoms with Crippen LogP contribution in [0, 0.1) is 11.3 Å². The van der Waals surface area contributed by atoms with E-state index in [1.54, 1.807) is 0 Å². The maximum atomic E-state index is 7.19. The lowest BCUT2D eigenvalue weighted by molar-refractivity contribution is -0.0577. The fourth-order valence-electron chi connectivity index (χ4n) is 9.64. The topological polar surface area (TPSA) is 56.5 Å². The predicted octanol–water partition coefficient (Wildman–Crippen LogP) is 7.26. The first-order chi connectivity index (χ1) is 20.3. The molecule has 3 bridgehead atoms. The first kappa shape index (κ1) is 26.2. The molecule has 5 aliphatic rings. The number of H-pyrrole nitrogens is 1. The molecule has 5 heteroatoms. The van der Waals surface area contributed by atoms with E-state index in [2.05, 4.69) is 76.0 Å². The molecule has 2 saturated heterocycles. The third kappa shape index (κ3) is 4.34. The molecule has 216 valence electrons. The third-order valence-electron chi connectivity index (χ3n) is 11.4. The van der Waals surface area contributed by atoms with Crippen molar-refractivity contribution < 1.29 is 4.74 Å². The number of piperidine rings is 1. The summed E-state index contributed by atoms with van der Waals surface area (Å²) in [6, 6.07) is 11.4. The Labute approximate surface area is 244 Å². The zero-order valence-electron chi connectivity index (χ0n) is 24.5. The van der Waals surface area contributed by atoms with Gasteiger partial charge in [0.1, 0.15) is 5.60 Å². The van der Waals surface area contributed by atoms with Gasteiger partial charge in [0.25, 0.3) is 0 Å². The van der Waals surface area contributed by atoms with Gasteiger partial charge in [-0.1, -0.05) is 42.5 Å². The molecule has 1 aliphatic carbocycles. The van der Waals surface area contributed by atoms with Gasteiger partial charge < -0.3 is 19.9 Å². The molecule has 7 atom stereocenters. The maximum absolute atomic E-state index is 7.19. The summed E-state index contributed by atoms with van der Waals surface area (Å²) in [5, 5.41) is 6.86. The minimum absolute atomic E-state index is 0.115. The Hall–Kier alpha value is -2.47. The number of ether oxygens (including phenoxy) is 1. The van der Waals surface area contributed by atoms with Gasteiger partial charge in [0.2, 0.25) is 0 Å². The Balaban J connectivity index is 1.30. The van der Waals surface area contributed by atoms with Crippen LogP contribution in [0.4, 0.5) is 0 Å². The lowest BCUT2D eigenvalue weighted by atomic mass is 9.50. The van der Waals surface area contributed by atoms with Gasteiger partial charge in [0.05, 0.1) is 17.3 Å². The molecule has 0 amide bonds. The third-order valence-corrected chi connectivity index (χ3v) is 11.4. The second-order valence-corrected chi connectivity index (χ2v) is 13.6. The van der Waals surface area contributed by atoms with E-state index in [1.807, 2.05) is 0 Å². The molecule has 2 aromatic heterocycles. The number of allylic oxidation sites excluding steroid dienone is 4. The van der Waals surface area contributed by atoms with Crippen LogP contribution in [0.15, 0.2) is 60.8 Å². The van der Waals surface area contributed by atoms with E-state index < -0.39 is 0 Å². The van der Waals surface area contributed by atoms with Crippen molar-refractivity contribution in [1.82, 2.24) is 20.2 Å². The molecule has 6 heterocycles. The minimum atomic E-state index is -0.115. The summed E-state index contributed by atoms with van der Waals surface area (Å²) in [5.74, 6) is 0.867.